The monoisotopic (exact) mass is 336 g/mol. The molecule has 0 saturated carbocycles. The number of carbonyl (C=O) groups is 1. The molecule has 1 atom stereocenters. The molecule has 122 valence electrons. The molecule has 3 nitrogen and oxygen atoms in total. The van der Waals surface area contributed by atoms with Gasteiger partial charge in [0.15, 0.2) is 0 Å². The Labute approximate surface area is 146 Å². The first-order valence-electron chi connectivity index (χ1n) is 7.90. The van der Waals surface area contributed by atoms with E-state index in [0.717, 1.165) is 11.3 Å². The van der Waals surface area contributed by atoms with E-state index in [1.54, 1.807) is 11.3 Å². The molecular formula is C20H20N2OS. The summed E-state index contributed by atoms with van der Waals surface area (Å²) in [7, 11) is 0. The van der Waals surface area contributed by atoms with Gasteiger partial charge in [0.25, 0.3) is 0 Å². The number of benzene rings is 2. The zero-order valence-electron chi connectivity index (χ0n) is 13.5. The van der Waals surface area contributed by atoms with Crippen LogP contribution in [0, 0.1) is 6.92 Å². The van der Waals surface area contributed by atoms with E-state index in [1.165, 1.54) is 10.4 Å². The molecule has 1 aromatic heterocycles. The molecule has 3 aromatic rings. The van der Waals surface area contributed by atoms with E-state index in [9.17, 15) is 4.79 Å². The highest BCUT2D eigenvalue weighted by molar-refractivity contribution is 7.09. The summed E-state index contributed by atoms with van der Waals surface area (Å²) in [6.45, 7) is 2.69. The molecule has 2 aromatic carbocycles. The maximum Gasteiger partial charge on any atom is 0.246 e. The topological polar surface area (TPSA) is 41.1 Å². The van der Waals surface area contributed by atoms with Crippen molar-refractivity contribution in [3.8, 4) is 0 Å². The second-order valence-electron chi connectivity index (χ2n) is 5.66. The quantitative estimate of drug-likeness (QED) is 0.694. The summed E-state index contributed by atoms with van der Waals surface area (Å²) in [6, 6.07) is 21.3. The number of rotatable bonds is 6. The third-order valence-corrected chi connectivity index (χ3v) is 4.65. The lowest BCUT2D eigenvalue weighted by molar-refractivity contribution is -0.118. The Morgan fingerprint density at radius 1 is 1.00 bits per heavy atom. The lowest BCUT2D eigenvalue weighted by Crippen LogP contribution is -2.32. The van der Waals surface area contributed by atoms with Crippen LogP contribution in [0.3, 0.4) is 0 Å². The van der Waals surface area contributed by atoms with Gasteiger partial charge in [-0.15, -0.1) is 11.3 Å². The number of anilines is 1. The fourth-order valence-corrected chi connectivity index (χ4v) is 3.13. The molecule has 0 fully saturated rings. The van der Waals surface area contributed by atoms with Gasteiger partial charge in [-0.2, -0.15) is 0 Å². The van der Waals surface area contributed by atoms with E-state index in [-0.39, 0.29) is 5.91 Å². The number of hydrogen-bond donors (Lipinski definition) is 2. The number of hydrogen-bond acceptors (Lipinski definition) is 3. The Morgan fingerprint density at radius 3 is 2.42 bits per heavy atom. The molecule has 24 heavy (non-hydrogen) atoms. The number of nitrogens with one attached hydrogen (secondary N) is 2. The standard InChI is InChI=1S/C20H20N2OS/c1-15-9-11-17(12-10-15)22-20(23)19(16-6-3-2-4-7-16)21-14-18-8-5-13-24-18/h2-13,19,21H,14H2,1H3,(H,22,23)/t19-/m0/s1. The van der Waals surface area contributed by atoms with Gasteiger partial charge in [-0.05, 0) is 36.1 Å². The highest BCUT2D eigenvalue weighted by Gasteiger charge is 2.20. The van der Waals surface area contributed by atoms with E-state index in [1.807, 2.05) is 73.0 Å². The second-order valence-corrected chi connectivity index (χ2v) is 6.69. The first kappa shape index (κ1) is 16.4. The normalized spacial score (nSPS) is 11.9. The van der Waals surface area contributed by atoms with Crippen molar-refractivity contribution in [2.24, 2.45) is 0 Å². The second kappa shape index (κ2) is 7.90. The molecule has 0 radical (unpaired) electrons. The van der Waals surface area contributed by atoms with Gasteiger partial charge in [0.05, 0.1) is 0 Å². The van der Waals surface area contributed by atoms with E-state index < -0.39 is 6.04 Å². The van der Waals surface area contributed by atoms with E-state index in [0.29, 0.717) is 6.54 Å². The highest BCUT2D eigenvalue weighted by Crippen LogP contribution is 2.18. The van der Waals surface area contributed by atoms with Crippen molar-refractivity contribution in [1.82, 2.24) is 5.32 Å². The molecular weight excluding hydrogens is 316 g/mol. The third kappa shape index (κ3) is 4.31. The Bertz CT molecular complexity index is 767. The summed E-state index contributed by atoms with van der Waals surface area (Å²) in [5.41, 5.74) is 2.94. The molecule has 2 N–H and O–H groups in total. The SMILES string of the molecule is Cc1ccc(NC(=O)[C@@H](NCc2cccs2)c2ccccc2)cc1. The lowest BCUT2D eigenvalue weighted by atomic mass is 10.1. The maximum absolute atomic E-state index is 12.8. The smallest absolute Gasteiger partial charge is 0.246 e. The van der Waals surface area contributed by atoms with Crippen LogP contribution >= 0.6 is 11.3 Å². The molecule has 1 amide bonds. The zero-order valence-corrected chi connectivity index (χ0v) is 14.3. The average molecular weight is 336 g/mol. The predicted octanol–water partition coefficient (Wildman–Crippen LogP) is 4.53. The molecule has 4 heteroatoms. The lowest BCUT2D eigenvalue weighted by Gasteiger charge is -2.19. The van der Waals surface area contributed by atoms with Crippen molar-refractivity contribution >= 4 is 22.9 Å². The molecule has 0 spiro atoms. The van der Waals surface area contributed by atoms with Crippen LogP contribution in [0.4, 0.5) is 5.69 Å². The molecule has 0 bridgehead atoms. The van der Waals surface area contributed by atoms with Crippen LogP contribution in [0.1, 0.15) is 22.0 Å². The summed E-state index contributed by atoms with van der Waals surface area (Å²) in [6.07, 6.45) is 0. The van der Waals surface area contributed by atoms with Crippen LogP contribution < -0.4 is 10.6 Å². The Kier molecular flexibility index (Phi) is 5.41. The number of amides is 1. The molecule has 1 heterocycles. The van der Waals surface area contributed by atoms with Crippen molar-refractivity contribution in [3.05, 3.63) is 88.1 Å². The van der Waals surface area contributed by atoms with Crippen molar-refractivity contribution in [1.29, 1.82) is 0 Å². The van der Waals surface area contributed by atoms with Gasteiger partial charge in [0.1, 0.15) is 6.04 Å². The average Bonchev–Trinajstić information content (AvgIpc) is 3.12. The van der Waals surface area contributed by atoms with Gasteiger partial charge in [-0.1, -0.05) is 54.1 Å². The minimum absolute atomic E-state index is 0.0541. The zero-order chi connectivity index (χ0) is 16.8. The molecule has 3 rings (SSSR count). The predicted molar refractivity (Wildman–Crippen MR) is 100 cm³/mol. The van der Waals surface area contributed by atoms with Crippen molar-refractivity contribution < 1.29 is 4.79 Å². The van der Waals surface area contributed by atoms with Gasteiger partial charge in [-0.3, -0.25) is 10.1 Å². The van der Waals surface area contributed by atoms with Crippen molar-refractivity contribution in [3.63, 3.8) is 0 Å². The summed E-state index contributed by atoms with van der Waals surface area (Å²) >= 11 is 1.68. The van der Waals surface area contributed by atoms with Crippen LogP contribution in [0.25, 0.3) is 0 Å². The van der Waals surface area contributed by atoms with E-state index in [2.05, 4.69) is 16.7 Å². The first-order valence-corrected chi connectivity index (χ1v) is 8.78. The first-order chi connectivity index (χ1) is 11.7. The fraction of sp³-hybridized carbons (Fsp3) is 0.150. The van der Waals surface area contributed by atoms with Crippen molar-refractivity contribution in [2.75, 3.05) is 5.32 Å². The van der Waals surface area contributed by atoms with Crippen LogP contribution in [-0.4, -0.2) is 5.91 Å². The number of thiophene rings is 1. The summed E-state index contributed by atoms with van der Waals surface area (Å²) in [5, 5.41) is 8.41. The fourth-order valence-electron chi connectivity index (χ4n) is 2.47. The molecule has 0 aliphatic rings. The Hall–Kier alpha value is -2.43. The number of aryl methyl sites for hydroxylation is 1. The summed E-state index contributed by atoms with van der Waals surface area (Å²) in [4.78, 5) is 14.0. The summed E-state index contributed by atoms with van der Waals surface area (Å²) < 4.78 is 0. The van der Waals surface area contributed by atoms with Gasteiger partial charge < -0.3 is 5.32 Å². The van der Waals surface area contributed by atoms with Gasteiger partial charge in [-0.25, -0.2) is 0 Å². The minimum atomic E-state index is -0.394. The van der Waals surface area contributed by atoms with E-state index in [4.69, 9.17) is 0 Å². The summed E-state index contributed by atoms with van der Waals surface area (Å²) in [5.74, 6) is -0.0541. The minimum Gasteiger partial charge on any atom is -0.324 e. The van der Waals surface area contributed by atoms with Crippen LogP contribution in [0.5, 0.6) is 0 Å². The Morgan fingerprint density at radius 2 is 1.75 bits per heavy atom. The number of carbonyl (C=O) groups excluding carboxylic acids is 1. The molecule has 0 saturated heterocycles. The van der Waals surface area contributed by atoms with Gasteiger partial charge >= 0.3 is 0 Å². The van der Waals surface area contributed by atoms with Gasteiger partial charge in [0, 0.05) is 17.1 Å². The molecule has 0 unspecified atom stereocenters. The van der Waals surface area contributed by atoms with Gasteiger partial charge in [0.2, 0.25) is 5.91 Å². The van der Waals surface area contributed by atoms with Crippen molar-refractivity contribution in [2.45, 2.75) is 19.5 Å². The van der Waals surface area contributed by atoms with Crippen LogP contribution in [0.15, 0.2) is 72.1 Å². The largest absolute Gasteiger partial charge is 0.324 e. The third-order valence-electron chi connectivity index (χ3n) is 3.77. The van der Waals surface area contributed by atoms with Crippen LogP contribution in [-0.2, 0) is 11.3 Å². The molecule has 0 aliphatic heterocycles. The van der Waals surface area contributed by atoms with E-state index >= 15 is 0 Å². The van der Waals surface area contributed by atoms with Crippen LogP contribution in [0.2, 0.25) is 0 Å². The Balaban J connectivity index is 1.75. The maximum atomic E-state index is 12.8. The molecule has 0 aliphatic carbocycles. The highest BCUT2D eigenvalue weighted by atomic mass is 32.1.